The largest absolute Gasteiger partial charge is 0.482 e. The van der Waals surface area contributed by atoms with Crippen LogP contribution in [0.4, 0.5) is 5.69 Å². The summed E-state index contributed by atoms with van der Waals surface area (Å²) in [5, 5.41) is 3.90. The Morgan fingerprint density at radius 3 is 2.59 bits per heavy atom. The van der Waals surface area contributed by atoms with Crippen LogP contribution in [0.5, 0.6) is 5.75 Å². The fraction of sp³-hybridized carbons (Fsp3) is 0.318. The van der Waals surface area contributed by atoms with Crippen molar-refractivity contribution in [2.75, 3.05) is 11.5 Å². The van der Waals surface area contributed by atoms with Crippen LogP contribution in [-0.4, -0.2) is 31.1 Å². The highest BCUT2D eigenvalue weighted by molar-refractivity contribution is 7.89. The molecule has 2 heterocycles. The van der Waals surface area contributed by atoms with Gasteiger partial charge in [-0.25, -0.2) is 13.1 Å². The zero-order valence-electron chi connectivity index (χ0n) is 18.1. The number of carbonyl (C=O) groups excluding carboxylic acids is 1. The standard InChI is InChI=1S/C22H24N4O5S/c1-4-21-24-20(25-31-21)12-26-17-9-15(3)19(10-18(17)30-13-22(26)27)32(28,29)23-11-16-7-5-14(2)6-8-16/h5-10,23H,4,11-13H2,1-3H3. The number of hydrogen-bond donors (Lipinski definition) is 1. The molecule has 1 aliphatic rings. The maximum atomic E-state index is 13.0. The minimum atomic E-state index is -3.80. The number of nitrogens with one attached hydrogen (secondary N) is 1. The van der Waals surface area contributed by atoms with Crippen molar-refractivity contribution >= 4 is 21.6 Å². The smallest absolute Gasteiger partial charge is 0.265 e. The van der Waals surface area contributed by atoms with Gasteiger partial charge in [0.15, 0.2) is 12.4 Å². The first-order chi connectivity index (χ1) is 15.3. The lowest BCUT2D eigenvalue weighted by Gasteiger charge is -2.29. The number of hydrogen-bond acceptors (Lipinski definition) is 7. The summed E-state index contributed by atoms with van der Waals surface area (Å²) in [5.74, 6) is 0.897. The van der Waals surface area contributed by atoms with Crippen LogP contribution in [0.25, 0.3) is 0 Å². The van der Waals surface area contributed by atoms with Gasteiger partial charge in [0.05, 0.1) is 17.1 Å². The van der Waals surface area contributed by atoms with Crippen molar-refractivity contribution in [3.8, 4) is 5.75 Å². The van der Waals surface area contributed by atoms with E-state index in [0.29, 0.717) is 35.1 Å². The van der Waals surface area contributed by atoms with E-state index in [0.717, 1.165) is 11.1 Å². The van der Waals surface area contributed by atoms with Gasteiger partial charge in [-0.3, -0.25) is 9.69 Å². The molecule has 1 aromatic heterocycles. The molecule has 1 aliphatic heterocycles. The molecule has 0 atom stereocenters. The summed E-state index contributed by atoms with van der Waals surface area (Å²) < 4.78 is 39.2. The number of sulfonamides is 1. The van der Waals surface area contributed by atoms with E-state index in [1.165, 1.54) is 11.0 Å². The Hall–Kier alpha value is -3.24. The molecule has 4 rings (SSSR count). The molecule has 0 saturated carbocycles. The molecule has 0 unspecified atom stereocenters. The molecule has 0 spiro atoms. The van der Waals surface area contributed by atoms with Gasteiger partial charge in [-0.05, 0) is 31.0 Å². The third-order valence-electron chi connectivity index (χ3n) is 5.19. The van der Waals surface area contributed by atoms with E-state index in [-0.39, 0.29) is 30.5 Å². The Kier molecular flexibility index (Phi) is 5.98. The third kappa shape index (κ3) is 4.51. The fourth-order valence-electron chi connectivity index (χ4n) is 3.40. The molecule has 9 nitrogen and oxygen atoms in total. The molecular formula is C22H24N4O5S. The molecule has 0 saturated heterocycles. The molecule has 168 valence electrons. The topological polar surface area (TPSA) is 115 Å². The van der Waals surface area contributed by atoms with Crippen molar-refractivity contribution in [3.05, 3.63) is 64.8 Å². The number of carbonyl (C=O) groups is 1. The maximum absolute atomic E-state index is 13.0. The van der Waals surface area contributed by atoms with Crippen LogP contribution >= 0.6 is 0 Å². The van der Waals surface area contributed by atoms with E-state index in [9.17, 15) is 13.2 Å². The second kappa shape index (κ2) is 8.71. The number of amides is 1. The van der Waals surface area contributed by atoms with Gasteiger partial charge >= 0.3 is 0 Å². The Morgan fingerprint density at radius 2 is 1.91 bits per heavy atom. The summed E-state index contributed by atoms with van der Waals surface area (Å²) in [6, 6.07) is 10.7. The summed E-state index contributed by atoms with van der Waals surface area (Å²) in [6.45, 7) is 5.62. The minimum absolute atomic E-state index is 0.102. The predicted octanol–water partition coefficient (Wildman–Crippen LogP) is 2.65. The molecule has 0 radical (unpaired) electrons. The molecule has 0 fully saturated rings. The minimum Gasteiger partial charge on any atom is -0.482 e. The van der Waals surface area contributed by atoms with Crippen LogP contribution in [0.2, 0.25) is 0 Å². The van der Waals surface area contributed by atoms with Gasteiger partial charge in [-0.2, -0.15) is 4.98 Å². The van der Waals surface area contributed by atoms with Crippen molar-refractivity contribution in [1.82, 2.24) is 14.9 Å². The van der Waals surface area contributed by atoms with Crippen molar-refractivity contribution in [2.45, 2.75) is 45.2 Å². The second-order valence-electron chi connectivity index (χ2n) is 7.62. The Morgan fingerprint density at radius 1 is 1.16 bits per heavy atom. The third-order valence-corrected chi connectivity index (χ3v) is 6.73. The highest BCUT2D eigenvalue weighted by Gasteiger charge is 2.30. The number of anilines is 1. The maximum Gasteiger partial charge on any atom is 0.265 e. The average molecular weight is 457 g/mol. The first-order valence-corrected chi connectivity index (χ1v) is 11.7. The van der Waals surface area contributed by atoms with E-state index in [1.54, 1.807) is 13.0 Å². The molecule has 10 heteroatoms. The van der Waals surface area contributed by atoms with Gasteiger partial charge in [0.1, 0.15) is 5.75 Å². The molecule has 1 N–H and O–H groups in total. The number of benzene rings is 2. The van der Waals surface area contributed by atoms with Crippen LogP contribution in [0.3, 0.4) is 0 Å². The van der Waals surface area contributed by atoms with Gasteiger partial charge in [0, 0.05) is 19.0 Å². The Balaban J connectivity index is 1.59. The zero-order chi connectivity index (χ0) is 22.9. The van der Waals surface area contributed by atoms with Crippen molar-refractivity contribution in [2.24, 2.45) is 0 Å². The number of rotatable bonds is 7. The molecular weight excluding hydrogens is 432 g/mol. The number of aryl methyl sites for hydroxylation is 3. The first-order valence-electron chi connectivity index (χ1n) is 10.2. The summed E-state index contributed by atoms with van der Waals surface area (Å²) in [4.78, 5) is 18.3. The first kappa shape index (κ1) is 22.0. The Labute approximate surface area is 186 Å². The normalized spacial score (nSPS) is 13.7. The lowest BCUT2D eigenvalue weighted by molar-refractivity contribution is -0.121. The monoisotopic (exact) mass is 456 g/mol. The summed E-state index contributed by atoms with van der Waals surface area (Å²) in [6.07, 6.45) is 0.594. The Bertz CT molecular complexity index is 1250. The quantitative estimate of drug-likeness (QED) is 0.581. The summed E-state index contributed by atoms with van der Waals surface area (Å²) >= 11 is 0. The molecule has 32 heavy (non-hydrogen) atoms. The van der Waals surface area contributed by atoms with E-state index in [1.807, 2.05) is 38.1 Å². The van der Waals surface area contributed by atoms with Crippen LogP contribution in [0, 0.1) is 13.8 Å². The number of fused-ring (bicyclic) bond motifs is 1. The SMILES string of the molecule is CCc1nc(CN2C(=O)COc3cc(S(=O)(=O)NCc4ccc(C)cc4)c(C)cc32)no1. The van der Waals surface area contributed by atoms with Gasteiger partial charge in [0.2, 0.25) is 15.9 Å². The lowest BCUT2D eigenvalue weighted by atomic mass is 10.1. The van der Waals surface area contributed by atoms with Crippen molar-refractivity contribution < 1.29 is 22.5 Å². The molecule has 1 amide bonds. The predicted molar refractivity (Wildman–Crippen MR) is 117 cm³/mol. The van der Waals surface area contributed by atoms with Crippen LogP contribution in [-0.2, 0) is 34.3 Å². The molecule has 3 aromatic rings. The van der Waals surface area contributed by atoms with Gasteiger partial charge in [0.25, 0.3) is 5.91 Å². The summed E-state index contributed by atoms with van der Waals surface area (Å²) in [7, 11) is -3.80. The van der Waals surface area contributed by atoms with Gasteiger partial charge < -0.3 is 9.26 Å². The van der Waals surface area contributed by atoms with Crippen LogP contribution in [0.15, 0.2) is 45.8 Å². The molecule has 0 bridgehead atoms. The molecule has 2 aromatic carbocycles. The number of aromatic nitrogens is 2. The van der Waals surface area contributed by atoms with Crippen LogP contribution in [0.1, 0.15) is 35.3 Å². The van der Waals surface area contributed by atoms with E-state index in [4.69, 9.17) is 9.26 Å². The molecule has 0 aliphatic carbocycles. The number of nitrogens with zero attached hydrogens (tertiary/aromatic N) is 3. The van der Waals surface area contributed by atoms with E-state index >= 15 is 0 Å². The van der Waals surface area contributed by atoms with Gasteiger partial charge in [-0.1, -0.05) is 41.9 Å². The zero-order valence-corrected chi connectivity index (χ0v) is 18.9. The van der Waals surface area contributed by atoms with Gasteiger partial charge in [-0.15, -0.1) is 0 Å². The fourth-order valence-corrected chi connectivity index (χ4v) is 4.65. The highest BCUT2D eigenvalue weighted by Crippen LogP contribution is 2.37. The second-order valence-corrected chi connectivity index (χ2v) is 9.36. The van der Waals surface area contributed by atoms with Crippen LogP contribution < -0.4 is 14.4 Å². The number of ether oxygens (including phenoxy) is 1. The highest BCUT2D eigenvalue weighted by atomic mass is 32.2. The average Bonchev–Trinajstić information content (AvgIpc) is 3.23. The summed E-state index contributed by atoms with van der Waals surface area (Å²) in [5.41, 5.74) is 2.92. The van der Waals surface area contributed by atoms with Crippen molar-refractivity contribution in [3.63, 3.8) is 0 Å². The van der Waals surface area contributed by atoms with E-state index in [2.05, 4.69) is 14.9 Å². The van der Waals surface area contributed by atoms with Crippen molar-refractivity contribution in [1.29, 1.82) is 0 Å². The van der Waals surface area contributed by atoms with E-state index < -0.39 is 10.0 Å². The lowest BCUT2D eigenvalue weighted by Crippen LogP contribution is -2.38.